The highest BCUT2D eigenvalue weighted by molar-refractivity contribution is 5.99. The summed E-state index contributed by atoms with van der Waals surface area (Å²) in [5.41, 5.74) is 4.65. The van der Waals surface area contributed by atoms with Crippen molar-refractivity contribution < 1.29 is 9.53 Å². The molecule has 0 spiro atoms. The molecule has 1 aliphatic rings. The molecule has 38 heavy (non-hydrogen) atoms. The van der Waals surface area contributed by atoms with Crippen molar-refractivity contribution in [2.24, 2.45) is 0 Å². The summed E-state index contributed by atoms with van der Waals surface area (Å²) in [7, 11) is 1.64. The second kappa shape index (κ2) is 10.5. The first-order valence-electron chi connectivity index (χ1n) is 12.8. The third-order valence-corrected chi connectivity index (χ3v) is 7.11. The van der Waals surface area contributed by atoms with E-state index in [2.05, 4.69) is 33.8 Å². The van der Waals surface area contributed by atoms with Crippen molar-refractivity contribution in [2.75, 3.05) is 25.1 Å². The Hall–Kier alpha value is -4.51. The zero-order valence-corrected chi connectivity index (χ0v) is 22.0. The monoisotopic (exact) mass is 506 g/mol. The molecule has 1 aliphatic heterocycles. The summed E-state index contributed by atoms with van der Waals surface area (Å²) < 4.78 is 5.84. The molecule has 0 saturated carbocycles. The Morgan fingerprint density at radius 1 is 1.03 bits per heavy atom. The summed E-state index contributed by atoms with van der Waals surface area (Å²) in [6, 6.07) is 17.6. The average Bonchev–Trinajstić information content (AvgIpc) is 2.95. The molecule has 1 saturated heterocycles. The highest BCUT2D eigenvalue weighted by Gasteiger charge is 2.32. The number of piperazine rings is 1. The van der Waals surface area contributed by atoms with E-state index in [1.807, 2.05) is 54.3 Å². The van der Waals surface area contributed by atoms with Gasteiger partial charge in [0, 0.05) is 54.3 Å². The Bertz CT molecular complexity index is 1500. The fourth-order valence-electron chi connectivity index (χ4n) is 5.35. The summed E-state index contributed by atoms with van der Waals surface area (Å²) in [6.07, 6.45) is 2.33. The topological polar surface area (TPSA) is 75.8 Å². The maximum atomic E-state index is 12.4. The van der Waals surface area contributed by atoms with Crippen molar-refractivity contribution >= 4 is 28.3 Å². The fraction of sp³-hybridized carbons (Fsp3) is 0.300. The number of pyridine rings is 1. The van der Waals surface area contributed by atoms with E-state index in [9.17, 15) is 4.79 Å². The lowest BCUT2D eigenvalue weighted by molar-refractivity contribution is -0.135. The minimum Gasteiger partial charge on any atom is -0.494 e. The molecule has 2 aromatic heterocycles. The summed E-state index contributed by atoms with van der Waals surface area (Å²) in [4.78, 5) is 24.8. The van der Waals surface area contributed by atoms with Gasteiger partial charge in [0.15, 0.2) is 11.4 Å². The van der Waals surface area contributed by atoms with E-state index < -0.39 is 0 Å². The number of fused-ring (bicyclic) bond motifs is 1. The number of carbonyl (C=O) groups excluding carboxylic acids is 1. The number of methoxy groups -OCH3 is 1. The summed E-state index contributed by atoms with van der Waals surface area (Å²) in [6.45, 7) is 14.8. The summed E-state index contributed by atoms with van der Waals surface area (Å²) in [5.74, 6) is 1.70. The van der Waals surface area contributed by atoms with Gasteiger partial charge in [-0.25, -0.2) is 9.83 Å². The minimum absolute atomic E-state index is 0.117. The van der Waals surface area contributed by atoms with Crippen molar-refractivity contribution in [1.82, 2.24) is 20.1 Å². The Kier molecular flexibility index (Phi) is 6.93. The smallest absolute Gasteiger partial charge is 0.222 e. The number of amides is 1. The van der Waals surface area contributed by atoms with Crippen LogP contribution in [0.5, 0.6) is 5.75 Å². The third-order valence-electron chi connectivity index (χ3n) is 7.11. The number of hydrogen-bond acceptors (Lipinski definition) is 6. The average molecular weight is 507 g/mol. The van der Waals surface area contributed by atoms with Gasteiger partial charge in [-0.3, -0.25) is 4.79 Å². The summed E-state index contributed by atoms with van der Waals surface area (Å²) in [5, 5.41) is 9.99. The van der Waals surface area contributed by atoms with Crippen LogP contribution >= 0.6 is 0 Å². The molecule has 8 heteroatoms. The van der Waals surface area contributed by atoms with E-state index in [-0.39, 0.29) is 18.0 Å². The number of hydrogen-bond donors (Lipinski definition) is 0. The molecule has 1 fully saturated rings. The van der Waals surface area contributed by atoms with Gasteiger partial charge in [0.1, 0.15) is 17.0 Å². The van der Waals surface area contributed by atoms with E-state index >= 15 is 0 Å². The molecule has 0 bridgehead atoms. The van der Waals surface area contributed by atoms with Crippen molar-refractivity contribution in [3.8, 4) is 28.1 Å². The molecule has 5 rings (SSSR count). The molecule has 0 aliphatic carbocycles. The Morgan fingerprint density at radius 3 is 2.34 bits per heavy atom. The first-order chi connectivity index (χ1) is 18.4. The molecule has 8 nitrogen and oxygen atoms in total. The van der Waals surface area contributed by atoms with Crippen molar-refractivity contribution in [1.29, 1.82) is 0 Å². The minimum atomic E-state index is 0.117. The Labute approximate surface area is 222 Å². The number of aromatic nitrogens is 3. The van der Waals surface area contributed by atoms with Gasteiger partial charge in [-0.05, 0) is 37.6 Å². The van der Waals surface area contributed by atoms with E-state index in [0.717, 1.165) is 46.5 Å². The predicted molar refractivity (Wildman–Crippen MR) is 149 cm³/mol. The van der Waals surface area contributed by atoms with Gasteiger partial charge in [-0.2, -0.15) is 0 Å². The van der Waals surface area contributed by atoms with Gasteiger partial charge in [0.2, 0.25) is 5.91 Å². The Morgan fingerprint density at radius 2 is 1.74 bits per heavy atom. The largest absolute Gasteiger partial charge is 0.494 e. The fourth-order valence-corrected chi connectivity index (χ4v) is 5.35. The standard InChI is InChI=1S/C30H30N6O2/c1-6-27(37)36-19(2)17-35(18-20(36)3)26-15-12-22(16-32-26)28-30(38-5)25-9-7-8-24(29(25)34-33-28)21-10-13-23(31-4)14-11-21/h7-16,19-20H,6,17-18H2,1-3,5H3/t19-,20+. The van der Waals surface area contributed by atoms with Crippen LogP contribution in [0.3, 0.4) is 0 Å². The lowest BCUT2D eigenvalue weighted by atomic mass is 10.0. The second-order valence-electron chi connectivity index (χ2n) is 9.60. The predicted octanol–water partition coefficient (Wildman–Crippen LogP) is 5.75. The highest BCUT2D eigenvalue weighted by atomic mass is 16.5. The van der Waals surface area contributed by atoms with Crippen LogP contribution in [0.1, 0.15) is 27.2 Å². The first kappa shape index (κ1) is 25.2. The lowest BCUT2D eigenvalue weighted by Gasteiger charge is -2.45. The molecule has 0 unspecified atom stereocenters. The molecule has 192 valence electrons. The molecule has 0 N–H and O–H groups in total. The second-order valence-corrected chi connectivity index (χ2v) is 9.60. The van der Waals surface area contributed by atoms with Crippen LogP contribution in [-0.4, -0.2) is 58.3 Å². The first-order valence-corrected chi connectivity index (χ1v) is 12.8. The van der Waals surface area contributed by atoms with Gasteiger partial charge in [-0.15, -0.1) is 10.2 Å². The number of benzene rings is 2. The quantitative estimate of drug-likeness (QED) is 0.321. The van der Waals surface area contributed by atoms with Crippen molar-refractivity contribution in [3.63, 3.8) is 0 Å². The maximum absolute atomic E-state index is 12.4. The maximum Gasteiger partial charge on any atom is 0.222 e. The normalized spacial score (nSPS) is 17.3. The van der Waals surface area contributed by atoms with E-state index in [1.54, 1.807) is 25.4 Å². The number of nitrogens with zero attached hydrogens (tertiary/aromatic N) is 6. The molecule has 3 heterocycles. The van der Waals surface area contributed by atoms with Crippen molar-refractivity contribution in [2.45, 2.75) is 39.3 Å². The van der Waals surface area contributed by atoms with Crippen LogP contribution < -0.4 is 9.64 Å². The van der Waals surface area contributed by atoms with Gasteiger partial charge in [0.05, 0.1) is 13.7 Å². The summed E-state index contributed by atoms with van der Waals surface area (Å²) >= 11 is 0. The highest BCUT2D eigenvalue weighted by Crippen LogP contribution is 2.38. The molecule has 2 aromatic carbocycles. The van der Waals surface area contributed by atoms with Gasteiger partial charge < -0.3 is 14.5 Å². The van der Waals surface area contributed by atoms with Crippen LogP contribution in [0.15, 0.2) is 60.8 Å². The van der Waals surface area contributed by atoms with Crippen LogP contribution in [0.2, 0.25) is 0 Å². The third kappa shape index (κ3) is 4.52. The lowest BCUT2D eigenvalue weighted by Crippen LogP contribution is -2.58. The number of rotatable bonds is 5. The number of carbonyl (C=O) groups is 1. The Balaban J connectivity index is 1.45. The molecule has 0 radical (unpaired) electrons. The number of ether oxygens (including phenoxy) is 1. The van der Waals surface area contributed by atoms with Gasteiger partial charge in [0.25, 0.3) is 0 Å². The molecule has 1 amide bonds. The van der Waals surface area contributed by atoms with E-state index in [4.69, 9.17) is 16.3 Å². The van der Waals surface area contributed by atoms with Crippen LogP contribution in [0, 0.1) is 6.57 Å². The van der Waals surface area contributed by atoms with Crippen LogP contribution in [-0.2, 0) is 4.79 Å². The van der Waals surface area contributed by atoms with Gasteiger partial charge >= 0.3 is 0 Å². The van der Waals surface area contributed by atoms with Crippen LogP contribution in [0.25, 0.3) is 38.1 Å². The SMILES string of the molecule is [C-]#[N+]c1ccc(-c2cccc3c(OC)c(-c4ccc(N5C[C@@H](C)N(C(=O)CC)[C@@H](C)C5)nc4)nnc23)cc1. The van der Waals surface area contributed by atoms with Crippen molar-refractivity contribution in [3.05, 3.63) is 72.2 Å². The zero-order valence-electron chi connectivity index (χ0n) is 22.0. The van der Waals surface area contributed by atoms with E-state index in [1.165, 1.54) is 0 Å². The van der Waals surface area contributed by atoms with E-state index in [0.29, 0.717) is 23.6 Å². The number of anilines is 1. The zero-order chi connectivity index (χ0) is 26.8. The molecular formula is C30H30N6O2. The van der Waals surface area contributed by atoms with Crippen LogP contribution in [0.4, 0.5) is 11.5 Å². The van der Waals surface area contributed by atoms with Gasteiger partial charge in [-0.1, -0.05) is 43.3 Å². The molecule has 4 aromatic rings. The molecule has 2 atom stereocenters. The molecular weight excluding hydrogens is 476 g/mol.